The average molecular weight is 489 g/mol. The minimum atomic E-state index is -1.93. The van der Waals surface area contributed by atoms with Crippen LogP contribution >= 0.6 is 0 Å². The molecule has 2 aliphatic rings. The van der Waals surface area contributed by atoms with Crippen molar-refractivity contribution < 1.29 is 33.1 Å². The van der Waals surface area contributed by atoms with Crippen LogP contribution in [0.25, 0.3) is 0 Å². The fourth-order valence-electron chi connectivity index (χ4n) is 4.31. The van der Waals surface area contributed by atoms with Gasteiger partial charge in [0, 0.05) is 17.7 Å². The monoisotopic (exact) mass is 488 g/mol. The third-order valence-electron chi connectivity index (χ3n) is 5.75. The van der Waals surface area contributed by atoms with Crippen molar-refractivity contribution in [2.45, 2.75) is 45.1 Å². The van der Waals surface area contributed by atoms with Gasteiger partial charge in [0.2, 0.25) is 5.91 Å². The van der Waals surface area contributed by atoms with Crippen LogP contribution in [0.1, 0.15) is 23.7 Å². The smallest absolute Gasteiger partial charge is 0.414 e. The minimum Gasteiger partial charge on any atom is -0.460 e. The van der Waals surface area contributed by atoms with E-state index >= 15 is 0 Å². The van der Waals surface area contributed by atoms with Gasteiger partial charge in [0.25, 0.3) is 0 Å². The molecule has 3 rings (SSSR count). The predicted octanol–water partition coefficient (Wildman–Crippen LogP) is 3.01. The van der Waals surface area contributed by atoms with Crippen molar-refractivity contribution in [1.82, 2.24) is 4.90 Å². The lowest BCUT2D eigenvalue weighted by Gasteiger charge is -2.49. The number of ketones is 1. The van der Waals surface area contributed by atoms with Gasteiger partial charge in [-0.2, -0.15) is 0 Å². The topological polar surface area (TPSA) is 102 Å². The van der Waals surface area contributed by atoms with Crippen molar-refractivity contribution in [2.24, 2.45) is 5.92 Å². The molecule has 2 heterocycles. The lowest BCUT2D eigenvalue weighted by atomic mass is 9.79. The van der Waals surface area contributed by atoms with E-state index in [2.05, 4.69) is 6.58 Å². The summed E-state index contributed by atoms with van der Waals surface area (Å²) in [5.74, 6) is -1.45. The number of nitrogens with zero attached hydrogens (tertiary/aromatic N) is 2. The van der Waals surface area contributed by atoms with E-state index in [9.17, 15) is 19.2 Å². The number of carbonyl (C=O) groups excluding carboxylic acids is 4. The first-order chi connectivity index (χ1) is 16.0. The Bertz CT molecular complexity index is 957. The second kappa shape index (κ2) is 10.5. The largest absolute Gasteiger partial charge is 0.460 e. The molecule has 9 nitrogen and oxygen atoms in total. The summed E-state index contributed by atoms with van der Waals surface area (Å²) in [5, 5.41) is 0. The Morgan fingerprint density at radius 3 is 2.47 bits per heavy atom. The highest BCUT2D eigenvalue weighted by atomic mass is 28.4. The minimum absolute atomic E-state index is 0.0512. The van der Waals surface area contributed by atoms with Gasteiger partial charge in [0.05, 0.1) is 24.6 Å². The van der Waals surface area contributed by atoms with Crippen molar-refractivity contribution >= 4 is 37.8 Å². The first-order valence-electron chi connectivity index (χ1n) is 11.3. The van der Waals surface area contributed by atoms with Gasteiger partial charge in [-0.05, 0) is 50.8 Å². The number of carbonyl (C=O) groups is 4. The molecule has 2 aliphatic heterocycles. The van der Waals surface area contributed by atoms with Crippen LogP contribution in [0.2, 0.25) is 19.6 Å². The van der Waals surface area contributed by atoms with Crippen molar-refractivity contribution in [2.75, 3.05) is 31.2 Å². The first kappa shape index (κ1) is 25.6. The molecule has 3 atom stereocenters. The molecule has 0 aromatic heterocycles. The molecule has 2 saturated heterocycles. The lowest BCUT2D eigenvalue weighted by Crippen LogP contribution is -2.66. The summed E-state index contributed by atoms with van der Waals surface area (Å²) in [6.07, 6.45) is 0.719. The quantitative estimate of drug-likeness (QED) is 0.155. The highest BCUT2D eigenvalue weighted by molar-refractivity contribution is 6.69. The number of likely N-dealkylation sites (tertiary alicyclic amines) is 1. The van der Waals surface area contributed by atoms with Crippen LogP contribution in [-0.2, 0) is 23.5 Å². The Balaban J connectivity index is 1.73. The molecule has 0 spiro atoms. The molecule has 1 aromatic rings. The molecule has 0 N–H and O–H groups in total. The zero-order valence-electron chi connectivity index (χ0n) is 20.1. The highest BCUT2D eigenvalue weighted by Crippen LogP contribution is 2.35. The van der Waals surface area contributed by atoms with E-state index in [0.29, 0.717) is 24.4 Å². The van der Waals surface area contributed by atoms with Crippen LogP contribution in [0.15, 0.2) is 36.9 Å². The van der Waals surface area contributed by atoms with E-state index in [1.165, 1.54) is 15.9 Å². The van der Waals surface area contributed by atoms with Crippen molar-refractivity contribution in [3.05, 3.63) is 42.5 Å². The Kier molecular flexibility index (Phi) is 7.93. The fraction of sp³-hybridized carbons (Fsp3) is 0.500. The highest BCUT2D eigenvalue weighted by Gasteiger charge is 2.52. The van der Waals surface area contributed by atoms with Gasteiger partial charge in [-0.3, -0.25) is 19.3 Å². The second-order valence-corrected chi connectivity index (χ2v) is 13.9. The molecule has 34 heavy (non-hydrogen) atoms. The number of β-lactam (4-membered cyclic amide) rings is 1. The lowest BCUT2D eigenvalue weighted by molar-refractivity contribution is -0.169. The summed E-state index contributed by atoms with van der Waals surface area (Å²) in [6, 6.07) is 6.23. The Morgan fingerprint density at radius 2 is 1.91 bits per heavy atom. The van der Waals surface area contributed by atoms with Gasteiger partial charge in [-0.25, -0.2) is 4.79 Å². The summed E-state index contributed by atoms with van der Waals surface area (Å²) in [5.41, 5.74) is 1.11. The van der Waals surface area contributed by atoms with E-state index in [1.807, 2.05) is 26.6 Å². The fourth-order valence-corrected chi connectivity index (χ4v) is 5.57. The van der Waals surface area contributed by atoms with Crippen LogP contribution in [-0.4, -0.2) is 75.4 Å². The van der Waals surface area contributed by atoms with Gasteiger partial charge in [-0.1, -0.05) is 12.7 Å². The SMILES string of the molecule is C=CCOC(=O)CN1C(=O)[C@H]([C@@H](C)O[Si](C)(C)C)C1CC(=O)c1ccc(N2CCOC2=O)cc1. The molecule has 1 unspecified atom stereocenters. The van der Waals surface area contributed by atoms with E-state index < -0.39 is 32.3 Å². The van der Waals surface area contributed by atoms with E-state index in [1.54, 1.807) is 24.3 Å². The number of hydrogen-bond acceptors (Lipinski definition) is 7. The summed E-state index contributed by atoms with van der Waals surface area (Å²) in [7, 11) is -1.93. The summed E-state index contributed by atoms with van der Waals surface area (Å²) >= 11 is 0. The van der Waals surface area contributed by atoms with Crippen LogP contribution in [0.5, 0.6) is 0 Å². The molecular weight excluding hydrogens is 456 g/mol. The molecule has 10 heteroatoms. The maximum absolute atomic E-state index is 13.1. The van der Waals surface area contributed by atoms with Gasteiger partial charge < -0.3 is 18.8 Å². The van der Waals surface area contributed by atoms with E-state index in [4.69, 9.17) is 13.9 Å². The second-order valence-electron chi connectivity index (χ2n) is 9.41. The summed E-state index contributed by atoms with van der Waals surface area (Å²) < 4.78 is 16.1. The van der Waals surface area contributed by atoms with Gasteiger partial charge >= 0.3 is 12.1 Å². The van der Waals surface area contributed by atoms with Crippen molar-refractivity contribution in [3.63, 3.8) is 0 Å². The number of anilines is 1. The average Bonchev–Trinajstić information content (AvgIpc) is 3.20. The molecule has 2 amide bonds. The normalized spacial score (nSPS) is 21.1. The number of rotatable bonds is 11. The van der Waals surface area contributed by atoms with Crippen molar-refractivity contribution in [3.8, 4) is 0 Å². The number of cyclic esters (lactones) is 1. The van der Waals surface area contributed by atoms with Crippen LogP contribution in [0.4, 0.5) is 10.5 Å². The summed E-state index contributed by atoms with van der Waals surface area (Å²) in [4.78, 5) is 52.8. The molecule has 184 valence electrons. The number of Topliss-reactive ketones (excluding diaryl/α,β-unsaturated/α-hetero) is 1. The van der Waals surface area contributed by atoms with E-state index in [-0.39, 0.29) is 37.4 Å². The Labute approximate surface area is 200 Å². The molecule has 0 bridgehead atoms. The third-order valence-corrected chi connectivity index (χ3v) is 6.83. The van der Waals surface area contributed by atoms with Gasteiger partial charge in [-0.15, -0.1) is 0 Å². The standard InChI is InChI=1S/C24H32N2O7Si/c1-6-12-31-21(28)15-26-19(22(23(26)29)16(2)33-34(3,4)5)14-20(27)17-7-9-18(10-8-17)25-11-13-32-24(25)30/h6-10,16,19,22H,1,11-15H2,2-5H3/t16-,19?,22-/m1/s1. The number of hydrogen-bond donors (Lipinski definition) is 0. The predicted molar refractivity (Wildman–Crippen MR) is 128 cm³/mol. The number of esters is 1. The van der Waals surface area contributed by atoms with Gasteiger partial charge in [0.1, 0.15) is 19.8 Å². The van der Waals surface area contributed by atoms with Crippen LogP contribution < -0.4 is 4.90 Å². The van der Waals surface area contributed by atoms with Crippen molar-refractivity contribution in [1.29, 1.82) is 0 Å². The molecule has 0 aliphatic carbocycles. The number of amides is 2. The molecule has 0 saturated carbocycles. The van der Waals surface area contributed by atoms with E-state index in [0.717, 1.165) is 0 Å². The van der Waals surface area contributed by atoms with Gasteiger partial charge in [0.15, 0.2) is 14.1 Å². The zero-order chi connectivity index (χ0) is 25.0. The maximum atomic E-state index is 13.1. The first-order valence-corrected chi connectivity index (χ1v) is 14.7. The van der Waals surface area contributed by atoms with Crippen LogP contribution in [0, 0.1) is 5.92 Å². The zero-order valence-corrected chi connectivity index (χ0v) is 21.1. The maximum Gasteiger partial charge on any atom is 0.414 e. The number of ether oxygens (including phenoxy) is 2. The molecule has 0 radical (unpaired) electrons. The molecule has 1 aromatic carbocycles. The Morgan fingerprint density at radius 1 is 1.24 bits per heavy atom. The van der Waals surface area contributed by atoms with Crippen LogP contribution in [0.3, 0.4) is 0 Å². The number of benzene rings is 1. The third kappa shape index (κ3) is 5.92. The summed E-state index contributed by atoms with van der Waals surface area (Å²) in [6.45, 7) is 12.1. The molecular formula is C24H32N2O7Si. The molecule has 2 fully saturated rings. The Hall–Kier alpha value is -2.98.